The lowest BCUT2D eigenvalue weighted by Gasteiger charge is -2.43. The van der Waals surface area contributed by atoms with Crippen LogP contribution in [0.5, 0.6) is 0 Å². The molecule has 2 fully saturated rings. The predicted molar refractivity (Wildman–Crippen MR) is 83.6 cm³/mol. The van der Waals surface area contributed by atoms with Crippen molar-refractivity contribution in [1.82, 2.24) is 10.2 Å². The fourth-order valence-corrected chi connectivity index (χ4v) is 3.43. The molecule has 2 atom stereocenters. The summed E-state index contributed by atoms with van der Waals surface area (Å²) in [6.07, 6.45) is 0.0291. The molecule has 0 bridgehead atoms. The van der Waals surface area contributed by atoms with Crippen LogP contribution in [0.25, 0.3) is 0 Å². The molecule has 0 unspecified atom stereocenters. The second-order valence-corrected chi connectivity index (χ2v) is 6.84. The minimum absolute atomic E-state index is 0.0659. The maximum atomic E-state index is 12.9. The number of benzene rings is 1. The molecule has 2 saturated heterocycles. The number of rotatable bonds is 4. The average molecular weight is 325 g/mol. The summed E-state index contributed by atoms with van der Waals surface area (Å²) in [7, 11) is 0. The molecule has 3 rings (SSSR count). The van der Waals surface area contributed by atoms with E-state index in [0.717, 1.165) is 5.56 Å². The number of nitrogens with one attached hydrogen (secondary N) is 1. The fourth-order valence-electron chi connectivity index (χ4n) is 3.31. The monoisotopic (exact) mass is 324 g/mol. The van der Waals surface area contributed by atoms with E-state index >= 15 is 0 Å². The lowest BCUT2D eigenvalue weighted by Crippen LogP contribution is -2.63. The summed E-state index contributed by atoms with van der Waals surface area (Å²) in [4.78, 5) is 14.6. The van der Waals surface area contributed by atoms with Crippen molar-refractivity contribution >= 4 is 17.5 Å². The van der Waals surface area contributed by atoms with Gasteiger partial charge in [0.1, 0.15) is 0 Å². The van der Waals surface area contributed by atoms with E-state index in [4.69, 9.17) is 11.6 Å². The molecule has 1 aromatic rings. The highest BCUT2D eigenvalue weighted by molar-refractivity contribution is 6.30. The Morgan fingerprint density at radius 3 is 2.50 bits per heavy atom. The van der Waals surface area contributed by atoms with Gasteiger partial charge in [-0.1, -0.05) is 23.7 Å². The number of carbonyl (C=O) groups is 1. The second kappa shape index (κ2) is 6.16. The van der Waals surface area contributed by atoms with Crippen LogP contribution in [-0.2, 0) is 11.2 Å². The van der Waals surface area contributed by atoms with E-state index in [-0.39, 0.29) is 18.4 Å². The third-order valence-electron chi connectivity index (χ3n) is 4.76. The van der Waals surface area contributed by atoms with Crippen LogP contribution >= 0.6 is 11.6 Å². The number of nitrogens with zero attached hydrogens (tertiary/aromatic N) is 1. The molecule has 2 aliphatic rings. The highest BCUT2D eigenvalue weighted by atomic mass is 35.5. The molecule has 6 heteroatoms. The summed E-state index contributed by atoms with van der Waals surface area (Å²) in [5, 5.41) is 23.0. The van der Waals surface area contributed by atoms with Gasteiger partial charge in [0.15, 0.2) is 0 Å². The SMILES string of the molecule is O=C(N1C[C@H](CO)[C@@H](O)C1)C1(Cc2ccc(Cl)cc2)CNC1. The van der Waals surface area contributed by atoms with Crippen LogP contribution in [0.15, 0.2) is 24.3 Å². The second-order valence-electron chi connectivity index (χ2n) is 6.41. The fraction of sp³-hybridized carbons (Fsp3) is 0.562. The smallest absolute Gasteiger partial charge is 0.231 e. The van der Waals surface area contributed by atoms with Crippen LogP contribution in [-0.4, -0.2) is 59.9 Å². The van der Waals surface area contributed by atoms with Crippen LogP contribution in [0, 0.1) is 11.3 Å². The number of β-amino-alcohol motifs (C(OH)–C–C–N with tert-alkyl or cyclic N) is 1. The average Bonchev–Trinajstić information content (AvgIpc) is 2.85. The molecule has 1 aromatic carbocycles. The van der Waals surface area contributed by atoms with Gasteiger partial charge in [-0.15, -0.1) is 0 Å². The van der Waals surface area contributed by atoms with E-state index in [1.807, 2.05) is 24.3 Å². The van der Waals surface area contributed by atoms with Crippen LogP contribution in [0.3, 0.4) is 0 Å². The van der Waals surface area contributed by atoms with E-state index in [9.17, 15) is 15.0 Å². The lowest BCUT2D eigenvalue weighted by atomic mass is 9.75. The Morgan fingerprint density at radius 2 is 2.00 bits per heavy atom. The molecule has 2 aliphatic heterocycles. The Balaban J connectivity index is 1.72. The van der Waals surface area contributed by atoms with E-state index in [1.54, 1.807) is 4.90 Å². The number of halogens is 1. The summed E-state index contributed by atoms with van der Waals surface area (Å²) >= 11 is 5.91. The maximum absolute atomic E-state index is 12.9. The van der Waals surface area contributed by atoms with Gasteiger partial charge in [0.2, 0.25) is 5.91 Å². The van der Waals surface area contributed by atoms with Crippen LogP contribution in [0.1, 0.15) is 5.56 Å². The molecule has 22 heavy (non-hydrogen) atoms. The van der Waals surface area contributed by atoms with E-state index in [0.29, 0.717) is 37.6 Å². The van der Waals surface area contributed by atoms with E-state index in [2.05, 4.69) is 5.32 Å². The number of aliphatic hydroxyl groups excluding tert-OH is 2. The Bertz CT molecular complexity index is 545. The van der Waals surface area contributed by atoms with Crippen LogP contribution < -0.4 is 5.32 Å². The molecular weight excluding hydrogens is 304 g/mol. The van der Waals surface area contributed by atoms with Crippen molar-refractivity contribution in [2.75, 3.05) is 32.8 Å². The van der Waals surface area contributed by atoms with Gasteiger partial charge in [0.25, 0.3) is 0 Å². The zero-order chi connectivity index (χ0) is 15.7. The Kier molecular flexibility index (Phi) is 4.41. The van der Waals surface area contributed by atoms with Crippen molar-refractivity contribution in [3.8, 4) is 0 Å². The summed E-state index contributed by atoms with van der Waals surface area (Å²) in [6.45, 7) is 1.94. The quantitative estimate of drug-likeness (QED) is 0.744. The maximum Gasteiger partial charge on any atom is 0.231 e. The minimum atomic E-state index is -0.630. The first-order valence-corrected chi connectivity index (χ1v) is 7.95. The molecule has 1 amide bonds. The lowest BCUT2D eigenvalue weighted by molar-refractivity contribution is -0.144. The van der Waals surface area contributed by atoms with Gasteiger partial charge in [0.05, 0.1) is 18.1 Å². The summed E-state index contributed by atoms with van der Waals surface area (Å²) in [6, 6.07) is 7.57. The van der Waals surface area contributed by atoms with Crippen molar-refractivity contribution < 1.29 is 15.0 Å². The van der Waals surface area contributed by atoms with E-state index < -0.39 is 11.5 Å². The first-order chi connectivity index (χ1) is 10.5. The molecule has 0 aliphatic carbocycles. The van der Waals surface area contributed by atoms with Crippen molar-refractivity contribution in [3.05, 3.63) is 34.9 Å². The van der Waals surface area contributed by atoms with Gasteiger partial charge in [-0.25, -0.2) is 0 Å². The minimum Gasteiger partial charge on any atom is -0.396 e. The first kappa shape index (κ1) is 15.7. The van der Waals surface area contributed by atoms with Crippen LogP contribution in [0.4, 0.5) is 0 Å². The largest absolute Gasteiger partial charge is 0.396 e. The van der Waals surface area contributed by atoms with Gasteiger partial charge in [-0.2, -0.15) is 0 Å². The van der Waals surface area contributed by atoms with Crippen molar-refractivity contribution in [2.45, 2.75) is 12.5 Å². The highest BCUT2D eigenvalue weighted by Gasteiger charge is 2.48. The normalized spacial score (nSPS) is 26.8. The molecule has 0 aromatic heterocycles. The van der Waals surface area contributed by atoms with Crippen molar-refractivity contribution in [3.63, 3.8) is 0 Å². The zero-order valence-electron chi connectivity index (χ0n) is 12.3. The molecule has 0 saturated carbocycles. The highest BCUT2D eigenvalue weighted by Crippen LogP contribution is 2.32. The molecule has 0 spiro atoms. The van der Waals surface area contributed by atoms with Crippen LogP contribution in [0.2, 0.25) is 5.02 Å². The van der Waals surface area contributed by atoms with Gasteiger partial charge in [-0.05, 0) is 24.1 Å². The standard InChI is InChI=1S/C16H21ClN2O3/c17-13-3-1-11(2-4-13)5-16(9-18-10-16)15(22)19-6-12(8-20)14(21)7-19/h1-4,12,14,18,20-21H,5-10H2/t12-,14+/m1/s1. The molecule has 3 N–H and O–H groups in total. The van der Waals surface area contributed by atoms with Gasteiger partial charge < -0.3 is 20.4 Å². The molecule has 5 nitrogen and oxygen atoms in total. The number of hydrogen-bond acceptors (Lipinski definition) is 4. The summed E-state index contributed by atoms with van der Waals surface area (Å²) in [5.41, 5.74) is 0.635. The molecule has 2 heterocycles. The Labute approximate surface area is 134 Å². The number of carbonyl (C=O) groups excluding carboxylic acids is 1. The third kappa shape index (κ3) is 2.86. The summed E-state index contributed by atoms with van der Waals surface area (Å²) in [5.74, 6) is -0.166. The third-order valence-corrected chi connectivity index (χ3v) is 5.02. The van der Waals surface area contributed by atoms with Crippen molar-refractivity contribution in [1.29, 1.82) is 0 Å². The molecular formula is C16H21ClN2O3. The van der Waals surface area contributed by atoms with Gasteiger partial charge >= 0.3 is 0 Å². The summed E-state index contributed by atoms with van der Waals surface area (Å²) < 4.78 is 0. The zero-order valence-corrected chi connectivity index (χ0v) is 13.1. The number of aliphatic hydroxyl groups is 2. The number of likely N-dealkylation sites (tertiary alicyclic amines) is 1. The topological polar surface area (TPSA) is 72.8 Å². The number of hydrogen-bond donors (Lipinski definition) is 3. The van der Waals surface area contributed by atoms with Crippen molar-refractivity contribution in [2.24, 2.45) is 11.3 Å². The first-order valence-electron chi connectivity index (χ1n) is 7.57. The predicted octanol–water partition coefficient (Wildman–Crippen LogP) is 0.284. The molecule has 0 radical (unpaired) electrons. The Morgan fingerprint density at radius 1 is 1.32 bits per heavy atom. The van der Waals surface area contributed by atoms with Gasteiger partial charge in [0, 0.05) is 37.1 Å². The molecule has 120 valence electrons. The van der Waals surface area contributed by atoms with Gasteiger partial charge in [-0.3, -0.25) is 4.79 Å². The van der Waals surface area contributed by atoms with E-state index in [1.165, 1.54) is 0 Å². The number of amides is 1. The Hall–Kier alpha value is -1.14.